The maximum Gasteiger partial charge on any atom is 0.474 e. The molecule has 0 saturated carbocycles. The van der Waals surface area contributed by atoms with E-state index in [4.69, 9.17) is 0 Å². The molecule has 1 aromatic heterocycles. The molecule has 0 atom stereocenters. The molecule has 0 aliphatic carbocycles. The highest BCUT2D eigenvalue weighted by atomic mass is 32.1. The molecule has 1 rings (SSSR count). The number of hydrogen-bond donors (Lipinski definition) is 1. The normalized spacial score (nSPS) is 10.9. The lowest BCUT2D eigenvalue weighted by molar-refractivity contribution is -0.182. The van der Waals surface area contributed by atoms with Crippen molar-refractivity contribution in [3.63, 3.8) is 0 Å². The number of nitrogens with one attached hydrogen (secondary N) is 1. The quantitative estimate of drug-likeness (QED) is 0.755. The highest BCUT2D eigenvalue weighted by Gasteiger charge is 2.39. The summed E-state index contributed by atoms with van der Waals surface area (Å²) in [5.74, 6) is -3.37. The van der Waals surface area contributed by atoms with Gasteiger partial charge in [0.15, 0.2) is 0 Å². The standard InChI is InChI=1S/C7H4F3NO3S/c8-7(9,10)6(13)11-14-5(12)4-2-1-3-15-4/h1-3H,(H,11,13). The van der Waals surface area contributed by atoms with Crippen LogP contribution in [0.2, 0.25) is 0 Å². The van der Waals surface area contributed by atoms with Crippen LogP contribution in [-0.4, -0.2) is 18.1 Å². The summed E-state index contributed by atoms with van der Waals surface area (Å²) in [4.78, 5) is 25.2. The first kappa shape index (κ1) is 11.5. The molecule has 0 unspecified atom stereocenters. The van der Waals surface area contributed by atoms with Crippen molar-refractivity contribution in [2.75, 3.05) is 0 Å². The number of hydrogen-bond acceptors (Lipinski definition) is 4. The number of rotatable bonds is 1. The molecule has 0 aromatic carbocycles. The zero-order chi connectivity index (χ0) is 11.5. The van der Waals surface area contributed by atoms with Crippen LogP contribution in [0, 0.1) is 0 Å². The summed E-state index contributed by atoms with van der Waals surface area (Å²) >= 11 is 0.983. The van der Waals surface area contributed by atoms with Gasteiger partial charge in [-0.3, -0.25) is 4.79 Å². The Morgan fingerprint density at radius 3 is 2.53 bits per heavy atom. The molecule has 1 N–H and O–H groups in total. The maximum atomic E-state index is 11.6. The number of hydroxylamine groups is 1. The van der Waals surface area contributed by atoms with Crippen molar-refractivity contribution in [2.24, 2.45) is 0 Å². The smallest absolute Gasteiger partial charge is 0.334 e. The summed E-state index contributed by atoms with van der Waals surface area (Å²) in [6.45, 7) is 0. The molecular formula is C7H4F3NO3S. The predicted molar refractivity (Wildman–Crippen MR) is 43.9 cm³/mol. The third-order valence-electron chi connectivity index (χ3n) is 1.22. The number of amides is 1. The second-order valence-corrected chi connectivity index (χ2v) is 3.24. The molecule has 1 amide bonds. The Hall–Kier alpha value is -1.57. The number of carbonyl (C=O) groups is 2. The van der Waals surface area contributed by atoms with E-state index in [1.807, 2.05) is 0 Å². The summed E-state index contributed by atoms with van der Waals surface area (Å²) in [5.41, 5.74) is 1.00. The zero-order valence-corrected chi connectivity index (χ0v) is 7.82. The molecule has 0 aliphatic rings. The molecule has 15 heavy (non-hydrogen) atoms. The van der Waals surface area contributed by atoms with Gasteiger partial charge in [-0.2, -0.15) is 18.7 Å². The van der Waals surface area contributed by atoms with Crippen LogP contribution in [0.4, 0.5) is 13.2 Å². The van der Waals surface area contributed by atoms with Crippen molar-refractivity contribution in [3.05, 3.63) is 22.4 Å². The Morgan fingerprint density at radius 1 is 1.40 bits per heavy atom. The van der Waals surface area contributed by atoms with E-state index in [1.165, 1.54) is 12.1 Å². The summed E-state index contributed by atoms with van der Waals surface area (Å²) < 4.78 is 34.9. The summed E-state index contributed by atoms with van der Waals surface area (Å²) in [5, 5.41) is 1.54. The lowest BCUT2D eigenvalue weighted by Gasteiger charge is -2.06. The Morgan fingerprint density at radius 2 is 2.07 bits per heavy atom. The van der Waals surface area contributed by atoms with Crippen LogP contribution >= 0.6 is 11.3 Å². The highest BCUT2D eigenvalue weighted by molar-refractivity contribution is 7.11. The third kappa shape index (κ3) is 3.24. The van der Waals surface area contributed by atoms with Gasteiger partial charge in [-0.25, -0.2) is 4.79 Å². The van der Waals surface area contributed by atoms with Crippen LogP contribution in [0.15, 0.2) is 17.5 Å². The van der Waals surface area contributed by atoms with Gasteiger partial charge in [-0.15, -0.1) is 11.3 Å². The topological polar surface area (TPSA) is 55.4 Å². The van der Waals surface area contributed by atoms with Crippen LogP contribution in [0.25, 0.3) is 0 Å². The van der Waals surface area contributed by atoms with Crippen LogP contribution in [-0.2, 0) is 9.63 Å². The molecule has 1 aromatic rings. The van der Waals surface area contributed by atoms with Crippen molar-refractivity contribution < 1.29 is 27.6 Å². The first-order valence-corrected chi connectivity index (χ1v) is 4.41. The van der Waals surface area contributed by atoms with E-state index in [9.17, 15) is 22.8 Å². The Bertz CT molecular complexity index is 360. The summed E-state index contributed by atoms with van der Waals surface area (Å²) in [7, 11) is 0. The molecular weight excluding hydrogens is 235 g/mol. The van der Waals surface area contributed by atoms with Gasteiger partial charge in [-0.1, -0.05) is 6.07 Å². The molecule has 0 saturated heterocycles. The number of thiophene rings is 1. The van der Waals surface area contributed by atoms with Gasteiger partial charge < -0.3 is 4.84 Å². The second kappa shape index (κ2) is 4.30. The van der Waals surface area contributed by atoms with Crippen molar-refractivity contribution in [3.8, 4) is 0 Å². The number of alkyl halides is 3. The SMILES string of the molecule is O=C(ONC(=O)C(F)(F)F)c1cccs1. The van der Waals surface area contributed by atoms with Crippen LogP contribution in [0.3, 0.4) is 0 Å². The van der Waals surface area contributed by atoms with E-state index in [0.717, 1.165) is 16.8 Å². The van der Waals surface area contributed by atoms with Gasteiger partial charge in [0.2, 0.25) is 0 Å². The molecule has 0 radical (unpaired) electrons. The second-order valence-electron chi connectivity index (χ2n) is 2.30. The van der Waals surface area contributed by atoms with Crippen LogP contribution in [0.1, 0.15) is 9.67 Å². The first-order chi connectivity index (χ1) is 6.91. The largest absolute Gasteiger partial charge is 0.474 e. The highest BCUT2D eigenvalue weighted by Crippen LogP contribution is 2.14. The average molecular weight is 239 g/mol. The Balaban J connectivity index is 2.45. The third-order valence-corrected chi connectivity index (χ3v) is 2.07. The van der Waals surface area contributed by atoms with Crippen molar-refractivity contribution >= 4 is 23.2 Å². The van der Waals surface area contributed by atoms with E-state index in [-0.39, 0.29) is 4.88 Å². The van der Waals surface area contributed by atoms with Gasteiger partial charge in [0.05, 0.1) is 0 Å². The number of carbonyl (C=O) groups excluding carboxylic acids is 2. The van der Waals surface area contributed by atoms with E-state index in [0.29, 0.717) is 0 Å². The number of halogens is 3. The molecule has 82 valence electrons. The molecule has 0 fully saturated rings. The first-order valence-electron chi connectivity index (χ1n) is 3.53. The summed E-state index contributed by atoms with van der Waals surface area (Å²) in [6, 6.07) is 2.87. The van der Waals surface area contributed by atoms with E-state index in [1.54, 1.807) is 5.38 Å². The lowest BCUT2D eigenvalue weighted by Crippen LogP contribution is -2.38. The minimum Gasteiger partial charge on any atom is -0.334 e. The minimum absolute atomic E-state index is 0.0949. The van der Waals surface area contributed by atoms with Crippen molar-refractivity contribution in [1.29, 1.82) is 0 Å². The molecule has 0 aliphatic heterocycles. The van der Waals surface area contributed by atoms with Gasteiger partial charge >= 0.3 is 18.1 Å². The van der Waals surface area contributed by atoms with Gasteiger partial charge in [0.1, 0.15) is 4.88 Å². The van der Waals surface area contributed by atoms with E-state index >= 15 is 0 Å². The van der Waals surface area contributed by atoms with Gasteiger partial charge in [-0.05, 0) is 11.4 Å². The molecule has 4 nitrogen and oxygen atoms in total. The molecule has 8 heteroatoms. The van der Waals surface area contributed by atoms with Gasteiger partial charge in [0.25, 0.3) is 0 Å². The van der Waals surface area contributed by atoms with E-state index in [2.05, 4.69) is 4.84 Å². The predicted octanol–water partition coefficient (Wildman–Crippen LogP) is 1.50. The fourth-order valence-corrected chi connectivity index (χ4v) is 1.19. The summed E-state index contributed by atoms with van der Waals surface area (Å²) in [6.07, 6.45) is -5.07. The monoisotopic (exact) mass is 239 g/mol. The fourth-order valence-electron chi connectivity index (χ4n) is 0.596. The van der Waals surface area contributed by atoms with Crippen molar-refractivity contribution in [1.82, 2.24) is 5.48 Å². The zero-order valence-electron chi connectivity index (χ0n) is 7.00. The van der Waals surface area contributed by atoms with E-state index < -0.39 is 18.1 Å². The molecule has 0 spiro atoms. The van der Waals surface area contributed by atoms with Crippen molar-refractivity contribution in [2.45, 2.75) is 6.18 Å². The maximum absolute atomic E-state index is 11.6. The minimum atomic E-state index is -5.07. The molecule has 0 bridgehead atoms. The lowest BCUT2D eigenvalue weighted by atomic mass is 10.5. The van der Waals surface area contributed by atoms with Crippen LogP contribution in [0.5, 0.6) is 0 Å². The fraction of sp³-hybridized carbons (Fsp3) is 0.143. The van der Waals surface area contributed by atoms with Crippen LogP contribution < -0.4 is 5.48 Å². The Kier molecular flexibility index (Phi) is 3.30. The average Bonchev–Trinajstić information content (AvgIpc) is 2.64. The molecule has 1 heterocycles. The Labute approximate surface area is 85.6 Å². The van der Waals surface area contributed by atoms with Gasteiger partial charge in [0, 0.05) is 0 Å².